The summed E-state index contributed by atoms with van der Waals surface area (Å²) in [4.78, 5) is -0.127. The third-order valence-electron chi connectivity index (χ3n) is 1.41. The first kappa shape index (κ1) is 11.2. The Morgan fingerprint density at radius 2 is 1.50 bits per heavy atom. The van der Waals surface area contributed by atoms with E-state index in [-0.39, 0.29) is 4.90 Å². The standard InChI is InChI=1S/C7H8O5S2/c8-13(9,6-14(10,11)12)7-4-2-1-3-5-7/h1-5H,6H2,(H,10,11,12). The van der Waals surface area contributed by atoms with E-state index in [2.05, 4.69) is 0 Å². The Morgan fingerprint density at radius 1 is 1.00 bits per heavy atom. The number of hydrogen-bond donors (Lipinski definition) is 1. The van der Waals surface area contributed by atoms with Gasteiger partial charge in [-0.1, -0.05) is 18.2 Å². The van der Waals surface area contributed by atoms with Gasteiger partial charge in [0.25, 0.3) is 10.1 Å². The molecule has 0 aromatic heterocycles. The molecule has 0 aliphatic heterocycles. The summed E-state index contributed by atoms with van der Waals surface area (Å²) in [5, 5.41) is -1.29. The zero-order chi connectivity index (χ0) is 10.8. The van der Waals surface area contributed by atoms with Gasteiger partial charge in [-0.2, -0.15) is 8.42 Å². The smallest absolute Gasteiger partial charge is 0.279 e. The molecule has 78 valence electrons. The second-order valence-electron chi connectivity index (χ2n) is 2.63. The van der Waals surface area contributed by atoms with Crippen molar-refractivity contribution in [1.29, 1.82) is 0 Å². The Bertz CT molecular complexity index is 500. The first-order chi connectivity index (χ1) is 6.31. The molecule has 0 unspecified atom stereocenters. The average molecular weight is 236 g/mol. The van der Waals surface area contributed by atoms with Crippen LogP contribution in [0.1, 0.15) is 0 Å². The van der Waals surface area contributed by atoms with E-state index in [1.165, 1.54) is 24.3 Å². The van der Waals surface area contributed by atoms with Crippen LogP contribution in [0.15, 0.2) is 35.2 Å². The van der Waals surface area contributed by atoms with Crippen LogP contribution in [0, 0.1) is 0 Å². The summed E-state index contributed by atoms with van der Waals surface area (Å²) < 4.78 is 51.8. The summed E-state index contributed by atoms with van der Waals surface area (Å²) in [5.41, 5.74) is 0. The van der Waals surface area contributed by atoms with E-state index in [1.807, 2.05) is 0 Å². The molecular formula is C7H8O5S2. The fraction of sp³-hybridized carbons (Fsp3) is 0.143. The third kappa shape index (κ3) is 3.09. The van der Waals surface area contributed by atoms with Gasteiger partial charge < -0.3 is 0 Å². The normalized spacial score (nSPS) is 12.6. The highest BCUT2D eigenvalue weighted by Gasteiger charge is 2.21. The van der Waals surface area contributed by atoms with Gasteiger partial charge in [-0.25, -0.2) is 8.42 Å². The summed E-state index contributed by atoms with van der Waals surface area (Å²) in [6, 6.07) is 7.07. The monoisotopic (exact) mass is 236 g/mol. The second-order valence-corrected chi connectivity index (χ2v) is 6.44. The molecule has 1 aromatic carbocycles. The lowest BCUT2D eigenvalue weighted by Gasteiger charge is -2.00. The number of benzene rings is 1. The molecule has 14 heavy (non-hydrogen) atoms. The van der Waals surface area contributed by atoms with Crippen molar-refractivity contribution in [3.8, 4) is 0 Å². The number of rotatable bonds is 3. The van der Waals surface area contributed by atoms with Crippen molar-refractivity contribution in [3.05, 3.63) is 30.3 Å². The minimum absolute atomic E-state index is 0.127. The first-order valence-corrected chi connectivity index (χ1v) is 6.80. The molecule has 0 atom stereocenters. The molecule has 1 aromatic rings. The van der Waals surface area contributed by atoms with Crippen molar-refractivity contribution in [3.63, 3.8) is 0 Å². The lowest BCUT2D eigenvalue weighted by atomic mass is 10.4. The van der Waals surface area contributed by atoms with E-state index in [0.717, 1.165) is 0 Å². The van der Waals surface area contributed by atoms with Crippen molar-refractivity contribution in [1.82, 2.24) is 0 Å². The molecule has 0 aliphatic carbocycles. The molecule has 0 fully saturated rings. The van der Waals surface area contributed by atoms with Gasteiger partial charge in [0.15, 0.2) is 14.9 Å². The molecule has 0 saturated carbocycles. The topological polar surface area (TPSA) is 88.5 Å². The summed E-state index contributed by atoms with van der Waals surface area (Å²) in [7, 11) is -8.47. The fourth-order valence-corrected chi connectivity index (χ4v) is 3.58. The Kier molecular flexibility index (Phi) is 2.93. The van der Waals surface area contributed by atoms with Crippen LogP contribution >= 0.6 is 0 Å². The molecule has 0 aliphatic rings. The number of hydrogen-bond acceptors (Lipinski definition) is 4. The third-order valence-corrected chi connectivity index (χ3v) is 4.83. The van der Waals surface area contributed by atoms with E-state index in [0.29, 0.717) is 0 Å². The van der Waals surface area contributed by atoms with Gasteiger partial charge >= 0.3 is 0 Å². The SMILES string of the molecule is O=S(=O)(O)CS(=O)(=O)c1ccccc1. The summed E-state index contributed by atoms with van der Waals surface area (Å²) >= 11 is 0. The van der Waals surface area contributed by atoms with Crippen LogP contribution in [0.2, 0.25) is 0 Å². The summed E-state index contributed by atoms with van der Waals surface area (Å²) in [6.45, 7) is 0. The summed E-state index contributed by atoms with van der Waals surface area (Å²) in [5.74, 6) is 0. The lowest BCUT2D eigenvalue weighted by Crippen LogP contribution is -2.15. The van der Waals surface area contributed by atoms with Crippen LogP contribution in [0.4, 0.5) is 0 Å². The van der Waals surface area contributed by atoms with Crippen molar-refractivity contribution >= 4 is 20.0 Å². The van der Waals surface area contributed by atoms with E-state index < -0.39 is 25.0 Å². The number of sulfone groups is 1. The molecule has 0 spiro atoms. The molecule has 0 radical (unpaired) electrons. The average Bonchev–Trinajstić information content (AvgIpc) is 2.01. The van der Waals surface area contributed by atoms with Gasteiger partial charge in [-0.15, -0.1) is 0 Å². The highest BCUT2D eigenvalue weighted by molar-refractivity contribution is 8.05. The fourth-order valence-electron chi connectivity index (χ4n) is 0.892. The molecule has 0 heterocycles. The van der Waals surface area contributed by atoms with E-state index in [9.17, 15) is 16.8 Å². The maximum atomic E-state index is 11.3. The molecule has 1 N–H and O–H groups in total. The van der Waals surface area contributed by atoms with E-state index in [1.54, 1.807) is 6.07 Å². The Hall–Kier alpha value is -0.920. The minimum atomic E-state index is -4.52. The van der Waals surface area contributed by atoms with E-state index >= 15 is 0 Å². The van der Waals surface area contributed by atoms with E-state index in [4.69, 9.17) is 4.55 Å². The van der Waals surface area contributed by atoms with Gasteiger partial charge in [0.1, 0.15) is 0 Å². The predicted octanol–water partition coefficient (Wildman–Crippen LogP) is 0.306. The zero-order valence-corrected chi connectivity index (χ0v) is 8.62. The van der Waals surface area contributed by atoms with Crippen LogP contribution in [-0.2, 0) is 20.0 Å². The van der Waals surface area contributed by atoms with Gasteiger partial charge in [0, 0.05) is 0 Å². The predicted molar refractivity (Wildman–Crippen MR) is 50.0 cm³/mol. The van der Waals surface area contributed by atoms with Gasteiger partial charge in [0.2, 0.25) is 0 Å². The lowest BCUT2D eigenvalue weighted by molar-refractivity contribution is 0.487. The van der Waals surface area contributed by atoms with Crippen LogP contribution in [-0.4, -0.2) is 26.5 Å². The van der Waals surface area contributed by atoms with Gasteiger partial charge in [-0.05, 0) is 12.1 Å². The van der Waals surface area contributed by atoms with Gasteiger partial charge in [-0.3, -0.25) is 4.55 Å². The van der Waals surface area contributed by atoms with Crippen LogP contribution < -0.4 is 0 Å². The highest BCUT2D eigenvalue weighted by Crippen LogP contribution is 2.11. The van der Waals surface area contributed by atoms with Crippen molar-refractivity contribution < 1.29 is 21.4 Å². The highest BCUT2D eigenvalue weighted by atomic mass is 32.3. The quantitative estimate of drug-likeness (QED) is 0.763. The maximum Gasteiger partial charge on any atom is 0.279 e. The molecular weight excluding hydrogens is 228 g/mol. The van der Waals surface area contributed by atoms with Crippen molar-refractivity contribution in [2.45, 2.75) is 4.90 Å². The second kappa shape index (κ2) is 3.68. The Balaban J connectivity index is 3.12. The van der Waals surface area contributed by atoms with Crippen LogP contribution in [0.3, 0.4) is 0 Å². The molecule has 0 bridgehead atoms. The molecule has 1 rings (SSSR count). The minimum Gasteiger partial charge on any atom is -0.285 e. The van der Waals surface area contributed by atoms with Crippen molar-refractivity contribution in [2.24, 2.45) is 0 Å². The maximum absolute atomic E-state index is 11.3. The van der Waals surface area contributed by atoms with Crippen LogP contribution in [0.25, 0.3) is 0 Å². The Labute approximate surface area is 82.1 Å². The largest absolute Gasteiger partial charge is 0.285 e. The molecule has 0 amide bonds. The first-order valence-electron chi connectivity index (χ1n) is 3.54. The zero-order valence-electron chi connectivity index (χ0n) is 6.99. The van der Waals surface area contributed by atoms with Crippen molar-refractivity contribution in [2.75, 3.05) is 5.08 Å². The molecule has 7 heteroatoms. The Morgan fingerprint density at radius 3 is 1.93 bits per heavy atom. The molecule has 0 saturated heterocycles. The molecule has 5 nitrogen and oxygen atoms in total. The summed E-state index contributed by atoms with van der Waals surface area (Å²) in [6.07, 6.45) is 0. The van der Waals surface area contributed by atoms with Gasteiger partial charge in [0.05, 0.1) is 4.90 Å². The van der Waals surface area contributed by atoms with Crippen LogP contribution in [0.5, 0.6) is 0 Å².